The Bertz CT molecular complexity index is 956. The van der Waals surface area contributed by atoms with Crippen LogP contribution in [0.4, 0.5) is 11.4 Å². The summed E-state index contributed by atoms with van der Waals surface area (Å²) >= 11 is 6.33. The van der Waals surface area contributed by atoms with Gasteiger partial charge in [0.05, 0.1) is 12.2 Å². The van der Waals surface area contributed by atoms with Crippen molar-refractivity contribution in [3.05, 3.63) is 53.1 Å². The number of anilines is 2. The van der Waals surface area contributed by atoms with Gasteiger partial charge in [0.25, 0.3) is 5.91 Å². The normalized spacial score (nSPS) is 19.0. The lowest BCUT2D eigenvalue weighted by Gasteiger charge is -2.33. The van der Waals surface area contributed by atoms with Crippen LogP contribution in [0.1, 0.15) is 57.4 Å². The summed E-state index contributed by atoms with van der Waals surface area (Å²) < 4.78 is 5.79. The number of nitrogens with zero attached hydrogens (tertiary/aromatic N) is 1. The molecule has 1 saturated carbocycles. The predicted molar refractivity (Wildman–Crippen MR) is 124 cm³/mol. The zero-order chi connectivity index (χ0) is 21.8. The van der Waals surface area contributed by atoms with Crippen LogP contribution in [0.3, 0.4) is 0 Å². The van der Waals surface area contributed by atoms with E-state index in [1.54, 1.807) is 11.8 Å². The molecule has 31 heavy (non-hydrogen) atoms. The molecule has 1 N–H and O–H groups in total. The van der Waals surface area contributed by atoms with Gasteiger partial charge in [-0.25, -0.2) is 0 Å². The summed E-state index contributed by atoms with van der Waals surface area (Å²) in [5.41, 5.74) is 2.18. The third-order valence-electron chi connectivity index (χ3n) is 6.24. The van der Waals surface area contributed by atoms with E-state index < -0.39 is 6.10 Å². The first-order valence-electron chi connectivity index (χ1n) is 11.2. The Labute approximate surface area is 188 Å². The van der Waals surface area contributed by atoms with Crippen molar-refractivity contribution < 1.29 is 14.3 Å². The number of carbonyl (C=O) groups excluding carboxylic acids is 2. The Morgan fingerprint density at radius 3 is 2.71 bits per heavy atom. The number of amides is 2. The highest BCUT2D eigenvalue weighted by molar-refractivity contribution is 6.31. The topological polar surface area (TPSA) is 58.6 Å². The number of hydrogen-bond acceptors (Lipinski definition) is 3. The molecule has 0 radical (unpaired) electrons. The molecule has 0 spiro atoms. The van der Waals surface area contributed by atoms with Gasteiger partial charge in [-0.3, -0.25) is 9.59 Å². The van der Waals surface area contributed by atoms with Crippen molar-refractivity contribution in [2.45, 2.75) is 64.5 Å². The summed E-state index contributed by atoms with van der Waals surface area (Å²) in [6, 6.07) is 12.9. The molecule has 2 aromatic rings. The van der Waals surface area contributed by atoms with E-state index in [0.29, 0.717) is 41.0 Å². The average Bonchev–Trinajstić information content (AvgIpc) is 2.78. The zero-order valence-electron chi connectivity index (χ0n) is 17.9. The van der Waals surface area contributed by atoms with Gasteiger partial charge < -0.3 is 15.0 Å². The number of benzene rings is 2. The van der Waals surface area contributed by atoms with E-state index in [1.165, 1.54) is 32.1 Å². The van der Waals surface area contributed by atoms with Gasteiger partial charge in [0, 0.05) is 17.1 Å². The number of nitrogens with one attached hydrogen (secondary N) is 1. The second-order valence-corrected chi connectivity index (χ2v) is 8.96. The first kappa shape index (κ1) is 21.7. The number of ether oxygens (including phenoxy) is 1. The summed E-state index contributed by atoms with van der Waals surface area (Å²) in [4.78, 5) is 27.1. The van der Waals surface area contributed by atoms with Crippen LogP contribution in [0.15, 0.2) is 42.5 Å². The number of fused-ring (bicyclic) bond motifs is 1. The van der Waals surface area contributed by atoms with Gasteiger partial charge in [0.15, 0.2) is 6.10 Å². The molecule has 4 rings (SSSR count). The minimum Gasteiger partial charge on any atom is -0.479 e. The van der Waals surface area contributed by atoms with Crippen molar-refractivity contribution in [1.29, 1.82) is 0 Å². The molecule has 1 heterocycles. The van der Waals surface area contributed by atoms with Crippen LogP contribution in [-0.2, 0) is 16.1 Å². The van der Waals surface area contributed by atoms with E-state index >= 15 is 0 Å². The van der Waals surface area contributed by atoms with Crippen LogP contribution < -0.4 is 15.0 Å². The van der Waals surface area contributed by atoms with Crippen molar-refractivity contribution >= 4 is 34.8 Å². The largest absolute Gasteiger partial charge is 0.479 e. The van der Waals surface area contributed by atoms with Crippen LogP contribution in [0, 0.1) is 5.92 Å². The van der Waals surface area contributed by atoms with Gasteiger partial charge in [-0.1, -0.05) is 61.9 Å². The Morgan fingerprint density at radius 1 is 1.16 bits per heavy atom. The minimum absolute atomic E-state index is 0.0135. The van der Waals surface area contributed by atoms with E-state index in [2.05, 4.69) is 5.32 Å². The lowest BCUT2D eigenvalue weighted by atomic mass is 9.86. The number of halogens is 1. The lowest BCUT2D eigenvalue weighted by molar-refractivity contribution is -0.125. The van der Waals surface area contributed by atoms with Crippen LogP contribution in [-0.4, -0.2) is 17.9 Å². The van der Waals surface area contributed by atoms with Crippen molar-refractivity contribution in [2.75, 3.05) is 10.2 Å². The fourth-order valence-electron chi connectivity index (χ4n) is 4.48. The maximum absolute atomic E-state index is 12.9. The molecule has 2 aliphatic rings. The first-order valence-corrected chi connectivity index (χ1v) is 11.5. The van der Waals surface area contributed by atoms with Gasteiger partial charge in [-0.05, 0) is 49.1 Å². The highest BCUT2D eigenvalue weighted by Crippen LogP contribution is 2.38. The highest BCUT2D eigenvalue weighted by atomic mass is 35.5. The Kier molecular flexibility index (Phi) is 6.81. The Morgan fingerprint density at radius 2 is 1.94 bits per heavy atom. The second-order valence-electron chi connectivity index (χ2n) is 8.55. The Balaban J connectivity index is 1.48. The maximum atomic E-state index is 12.9. The van der Waals surface area contributed by atoms with Gasteiger partial charge in [0.1, 0.15) is 5.75 Å². The van der Waals surface area contributed by atoms with Gasteiger partial charge in [-0.2, -0.15) is 0 Å². The minimum atomic E-state index is -0.578. The zero-order valence-corrected chi connectivity index (χ0v) is 18.7. The van der Waals surface area contributed by atoms with Crippen LogP contribution in [0.2, 0.25) is 5.02 Å². The second kappa shape index (κ2) is 9.73. The Hall–Kier alpha value is -2.53. The van der Waals surface area contributed by atoms with E-state index in [4.69, 9.17) is 16.3 Å². The molecule has 2 aromatic carbocycles. The van der Waals surface area contributed by atoms with Crippen molar-refractivity contribution in [1.82, 2.24) is 0 Å². The van der Waals surface area contributed by atoms with Crippen molar-refractivity contribution in [2.24, 2.45) is 5.92 Å². The number of rotatable bonds is 6. The smallest absolute Gasteiger partial charge is 0.268 e. The monoisotopic (exact) mass is 440 g/mol. The molecule has 1 unspecified atom stereocenters. The summed E-state index contributed by atoms with van der Waals surface area (Å²) in [6.07, 6.45) is 7.25. The molecule has 5 nitrogen and oxygen atoms in total. The lowest BCUT2D eigenvalue weighted by Crippen LogP contribution is -2.44. The fraction of sp³-hybridized carbons (Fsp3) is 0.440. The molecule has 1 atom stereocenters. The van der Waals surface area contributed by atoms with Gasteiger partial charge in [0.2, 0.25) is 5.91 Å². The third kappa shape index (κ3) is 5.21. The standard InChI is InChI=1S/C25H29ClN2O3/c1-17-25(30)28(16-19-9-5-6-10-21(19)26)22-15-20(12-13-23(22)31-17)27-24(29)14-11-18-7-3-2-4-8-18/h5-6,9-10,12-13,15,17-18H,2-4,7-8,11,14,16H2,1H3,(H,27,29). The van der Waals surface area contributed by atoms with Crippen LogP contribution in [0.5, 0.6) is 5.75 Å². The van der Waals surface area contributed by atoms with Crippen LogP contribution >= 0.6 is 11.6 Å². The molecule has 1 fully saturated rings. The average molecular weight is 441 g/mol. The summed E-state index contributed by atoms with van der Waals surface area (Å²) in [6.45, 7) is 2.09. The van der Waals surface area contributed by atoms with E-state index in [9.17, 15) is 9.59 Å². The van der Waals surface area contributed by atoms with Crippen molar-refractivity contribution in [3.63, 3.8) is 0 Å². The molecule has 0 aromatic heterocycles. The SMILES string of the molecule is CC1Oc2ccc(NC(=O)CCC3CCCCC3)cc2N(Cc2ccccc2Cl)C1=O. The van der Waals surface area contributed by atoms with Crippen LogP contribution in [0.25, 0.3) is 0 Å². The number of carbonyl (C=O) groups is 2. The van der Waals surface area contributed by atoms with E-state index in [1.807, 2.05) is 42.5 Å². The van der Waals surface area contributed by atoms with Crippen molar-refractivity contribution in [3.8, 4) is 5.75 Å². The summed E-state index contributed by atoms with van der Waals surface area (Å²) in [7, 11) is 0. The first-order chi connectivity index (χ1) is 15.0. The third-order valence-corrected chi connectivity index (χ3v) is 6.61. The fourth-order valence-corrected chi connectivity index (χ4v) is 4.67. The molecule has 164 valence electrons. The highest BCUT2D eigenvalue weighted by Gasteiger charge is 2.32. The predicted octanol–water partition coefficient (Wildman–Crippen LogP) is 5.95. The molecular formula is C25H29ClN2O3. The summed E-state index contributed by atoms with van der Waals surface area (Å²) in [5.74, 6) is 1.17. The summed E-state index contributed by atoms with van der Waals surface area (Å²) in [5, 5.41) is 3.61. The molecule has 0 bridgehead atoms. The molecule has 2 amide bonds. The quantitative estimate of drug-likeness (QED) is 0.603. The molecule has 6 heteroatoms. The number of hydrogen-bond donors (Lipinski definition) is 1. The van der Waals surface area contributed by atoms with E-state index in [-0.39, 0.29) is 11.8 Å². The maximum Gasteiger partial charge on any atom is 0.268 e. The molecular weight excluding hydrogens is 412 g/mol. The van der Waals surface area contributed by atoms with E-state index in [0.717, 1.165) is 12.0 Å². The molecule has 1 aliphatic heterocycles. The van der Waals surface area contributed by atoms with Gasteiger partial charge in [-0.15, -0.1) is 0 Å². The van der Waals surface area contributed by atoms with Gasteiger partial charge >= 0.3 is 0 Å². The molecule has 0 saturated heterocycles. The molecule has 1 aliphatic carbocycles.